The fourth-order valence-electron chi connectivity index (χ4n) is 3.86. The molecule has 8 heteroatoms. The number of carbonyl (C=O) groups is 2. The summed E-state index contributed by atoms with van der Waals surface area (Å²) in [5.74, 6) is 0.538. The molecule has 0 bridgehead atoms. The van der Waals surface area contributed by atoms with Crippen LogP contribution in [0, 0.1) is 5.82 Å². The Morgan fingerprint density at radius 2 is 1.71 bits per heavy atom. The maximum atomic E-state index is 13.7. The van der Waals surface area contributed by atoms with Crippen LogP contribution in [0.4, 0.5) is 4.39 Å². The maximum absolute atomic E-state index is 13.7. The number of rotatable bonds is 7. The van der Waals surface area contributed by atoms with Gasteiger partial charge in [0.15, 0.2) is 11.5 Å². The van der Waals surface area contributed by atoms with Gasteiger partial charge in [0.1, 0.15) is 17.2 Å². The van der Waals surface area contributed by atoms with Gasteiger partial charge in [-0.25, -0.2) is 4.39 Å². The minimum absolute atomic E-state index is 0.245. The Kier molecular flexibility index (Phi) is 7.37. The van der Waals surface area contributed by atoms with Crippen molar-refractivity contribution in [2.24, 2.45) is 0 Å². The van der Waals surface area contributed by atoms with Crippen LogP contribution in [-0.2, 0) is 11.3 Å². The largest absolute Gasteiger partial charge is 0.493 e. The quantitative estimate of drug-likeness (QED) is 0.543. The maximum Gasteiger partial charge on any atom is 0.255 e. The normalized spacial score (nSPS) is 17.3. The Hall–Kier alpha value is -3.52. The molecule has 2 unspecified atom stereocenters. The molecule has 176 valence electrons. The van der Waals surface area contributed by atoms with Gasteiger partial charge in [-0.05, 0) is 41.5 Å². The van der Waals surface area contributed by atoms with Crippen molar-refractivity contribution >= 4 is 23.6 Å². The Balaban J connectivity index is 1.61. The number of thioether (sulfide) groups is 1. The molecule has 34 heavy (non-hydrogen) atoms. The Morgan fingerprint density at radius 3 is 2.38 bits per heavy atom. The average Bonchev–Trinajstić information content (AvgIpc) is 3.33. The minimum Gasteiger partial charge on any atom is -0.493 e. The number of ether oxygens (including phenoxy) is 2. The smallest absolute Gasteiger partial charge is 0.255 e. The van der Waals surface area contributed by atoms with Crippen LogP contribution >= 0.6 is 11.8 Å². The molecule has 1 saturated heterocycles. The molecule has 1 aliphatic rings. The van der Waals surface area contributed by atoms with Crippen molar-refractivity contribution in [1.82, 2.24) is 10.2 Å². The topological polar surface area (TPSA) is 67.9 Å². The first kappa shape index (κ1) is 23.6. The lowest BCUT2D eigenvalue weighted by atomic mass is 10.1. The summed E-state index contributed by atoms with van der Waals surface area (Å²) >= 11 is 1.54. The number of hydrogen-bond acceptors (Lipinski definition) is 5. The third kappa shape index (κ3) is 5.02. The zero-order chi connectivity index (χ0) is 24.1. The number of hydrogen-bond donors (Lipinski definition) is 1. The van der Waals surface area contributed by atoms with Crippen LogP contribution in [0.5, 0.6) is 11.5 Å². The summed E-state index contributed by atoms with van der Waals surface area (Å²) in [6, 6.07) is 19.9. The van der Waals surface area contributed by atoms with Crippen LogP contribution in [0.1, 0.15) is 26.9 Å². The number of nitrogens with one attached hydrogen (secondary N) is 1. The van der Waals surface area contributed by atoms with Crippen molar-refractivity contribution in [2.45, 2.75) is 18.0 Å². The Labute approximate surface area is 202 Å². The number of carbonyl (C=O) groups excluding carboxylic acids is 2. The summed E-state index contributed by atoms with van der Waals surface area (Å²) in [6.45, 7) is 0.245. The summed E-state index contributed by atoms with van der Waals surface area (Å²) in [7, 11) is 3.04. The summed E-state index contributed by atoms with van der Waals surface area (Å²) in [5, 5.41) is 2.58. The van der Waals surface area contributed by atoms with E-state index in [0.29, 0.717) is 22.8 Å². The number of amides is 2. The van der Waals surface area contributed by atoms with E-state index >= 15 is 0 Å². The van der Waals surface area contributed by atoms with E-state index in [4.69, 9.17) is 9.47 Å². The molecule has 6 nitrogen and oxygen atoms in total. The van der Waals surface area contributed by atoms with Gasteiger partial charge in [-0.3, -0.25) is 9.59 Å². The van der Waals surface area contributed by atoms with E-state index in [9.17, 15) is 14.0 Å². The standard InChI is InChI=1S/C26H25FN2O4S/c1-32-22-13-10-19(14-23(22)33-2)25(31)29-21(16-34-26(29)18-6-4-3-5-7-18)24(30)28-15-17-8-11-20(27)12-9-17/h3-14,21,26H,15-16H2,1-2H3,(H,28,30). The van der Waals surface area contributed by atoms with Crippen molar-refractivity contribution < 1.29 is 23.5 Å². The van der Waals surface area contributed by atoms with Gasteiger partial charge >= 0.3 is 0 Å². The van der Waals surface area contributed by atoms with E-state index in [1.165, 1.54) is 26.4 Å². The van der Waals surface area contributed by atoms with Gasteiger partial charge in [0.25, 0.3) is 5.91 Å². The molecule has 1 N–H and O–H groups in total. The van der Waals surface area contributed by atoms with E-state index in [1.807, 2.05) is 30.3 Å². The molecule has 0 spiro atoms. The predicted octanol–water partition coefficient (Wildman–Crippen LogP) is 4.42. The van der Waals surface area contributed by atoms with E-state index in [2.05, 4.69) is 5.32 Å². The minimum atomic E-state index is -0.670. The van der Waals surface area contributed by atoms with Crippen LogP contribution in [0.15, 0.2) is 72.8 Å². The van der Waals surface area contributed by atoms with Crippen molar-refractivity contribution in [2.75, 3.05) is 20.0 Å². The van der Waals surface area contributed by atoms with Gasteiger partial charge in [-0.2, -0.15) is 0 Å². The molecule has 1 aliphatic heterocycles. The number of methoxy groups -OCH3 is 2. The first-order valence-corrected chi connectivity index (χ1v) is 11.8. The number of halogens is 1. The van der Waals surface area contributed by atoms with Gasteiger partial charge in [0.2, 0.25) is 5.91 Å². The second kappa shape index (κ2) is 10.6. The zero-order valence-corrected chi connectivity index (χ0v) is 19.7. The third-order valence-electron chi connectivity index (χ3n) is 5.63. The molecule has 3 aromatic rings. The molecule has 0 radical (unpaired) electrons. The van der Waals surface area contributed by atoms with Crippen molar-refractivity contribution in [3.63, 3.8) is 0 Å². The Morgan fingerprint density at radius 1 is 1.00 bits per heavy atom. The third-order valence-corrected chi connectivity index (χ3v) is 6.96. The van der Waals surface area contributed by atoms with E-state index in [0.717, 1.165) is 11.1 Å². The van der Waals surface area contributed by atoms with Crippen molar-refractivity contribution in [3.8, 4) is 11.5 Å². The van der Waals surface area contributed by atoms with Gasteiger partial charge in [0.05, 0.1) is 14.2 Å². The predicted molar refractivity (Wildman–Crippen MR) is 129 cm³/mol. The molecule has 0 aliphatic carbocycles. The summed E-state index contributed by atoms with van der Waals surface area (Å²) in [4.78, 5) is 28.5. The van der Waals surface area contributed by atoms with Crippen LogP contribution in [-0.4, -0.2) is 42.7 Å². The molecule has 2 amide bonds. The fraction of sp³-hybridized carbons (Fsp3) is 0.231. The van der Waals surface area contributed by atoms with Crippen LogP contribution < -0.4 is 14.8 Å². The van der Waals surface area contributed by atoms with Gasteiger partial charge in [0, 0.05) is 17.9 Å². The van der Waals surface area contributed by atoms with Crippen LogP contribution in [0.2, 0.25) is 0 Å². The SMILES string of the molecule is COc1ccc(C(=O)N2C(C(=O)NCc3ccc(F)cc3)CSC2c2ccccc2)cc1OC. The molecule has 4 rings (SSSR count). The highest BCUT2D eigenvalue weighted by molar-refractivity contribution is 7.99. The summed E-state index contributed by atoms with van der Waals surface area (Å²) in [6.07, 6.45) is 0. The molecular weight excluding hydrogens is 455 g/mol. The summed E-state index contributed by atoms with van der Waals surface area (Å²) < 4.78 is 23.8. The molecule has 1 fully saturated rings. The highest BCUT2D eigenvalue weighted by Gasteiger charge is 2.42. The van der Waals surface area contributed by atoms with Gasteiger partial charge < -0.3 is 19.7 Å². The molecule has 0 aromatic heterocycles. The number of benzene rings is 3. The highest BCUT2D eigenvalue weighted by Crippen LogP contribution is 2.42. The van der Waals surface area contributed by atoms with Gasteiger partial charge in [-0.15, -0.1) is 11.8 Å². The van der Waals surface area contributed by atoms with Gasteiger partial charge in [-0.1, -0.05) is 42.5 Å². The fourth-order valence-corrected chi connectivity index (χ4v) is 5.29. The molecule has 3 aromatic carbocycles. The molecule has 1 heterocycles. The van der Waals surface area contributed by atoms with Crippen molar-refractivity contribution in [1.29, 1.82) is 0 Å². The van der Waals surface area contributed by atoms with E-state index < -0.39 is 6.04 Å². The lowest BCUT2D eigenvalue weighted by Gasteiger charge is -2.29. The molecule has 2 atom stereocenters. The molecular formula is C26H25FN2O4S. The summed E-state index contributed by atoms with van der Waals surface area (Å²) in [5.41, 5.74) is 2.12. The second-order valence-corrected chi connectivity index (χ2v) is 8.85. The second-order valence-electron chi connectivity index (χ2n) is 7.74. The highest BCUT2D eigenvalue weighted by atomic mass is 32.2. The lowest BCUT2D eigenvalue weighted by molar-refractivity contribution is -0.125. The monoisotopic (exact) mass is 480 g/mol. The lowest BCUT2D eigenvalue weighted by Crippen LogP contribution is -2.47. The number of nitrogens with zero attached hydrogens (tertiary/aromatic N) is 1. The van der Waals surface area contributed by atoms with Crippen LogP contribution in [0.3, 0.4) is 0 Å². The average molecular weight is 481 g/mol. The van der Waals surface area contributed by atoms with Crippen LogP contribution in [0.25, 0.3) is 0 Å². The van der Waals surface area contributed by atoms with Crippen molar-refractivity contribution in [3.05, 3.63) is 95.3 Å². The van der Waals surface area contributed by atoms with E-state index in [1.54, 1.807) is 47.0 Å². The van der Waals surface area contributed by atoms with E-state index in [-0.39, 0.29) is 29.6 Å². The first-order chi connectivity index (χ1) is 16.5. The zero-order valence-electron chi connectivity index (χ0n) is 18.9. The Bertz CT molecular complexity index is 1160. The molecule has 0 saturated carbocycles. The first-order valence-electron chi connectivity index (χ1n) is 10.7.